The predicted molar refractivity (Wildman–Crippen MR) is 102 cm³/mol. The van der Waals surface area contributed by atoms with E-state index in [2.05, 4.69) is 20.4 Å². The minimum atomic E-state index is -0.192. The third-order valence-electron chi connectivity index (χ3n) is 3.66. The van der Waals surface area contributed by atoms with E-state index in [4.69, 9.17) is 20.9 Å². The molecule has 0 bridgehead atoms. The normalized spacial score (nSPS) is 12.9. The molecule has 0 spiro atoms. The lowest BCUT2D eigenvalue weighted by Crippen LogP contribution is -2.38. The van der Waals surface area contributed by atoms with Gasteiger partial charge in [0, 0.05) is 31.8 Å². The van der Waals surface area contributed by atoms with Crippen molar-refractivity contribution in [1.82, 2.24) is 20.4 Å². The minimum Gasteiger partial charge on any atom is -0.371 e. The van der Waals surface area contributed by atoms with Gasteiger partial charge in [-0.1, -0.05) is 28.9 Å². The third-order valence-corrected chi connectivity index (χ3v) is 3.91. The summed E-state index contributed by atoms with van der Waals surface area (Å²) in [4.78, 5) is 11.0. The first-order chi connectivity index (χ1) is 12.5. The Hall–Kier alpha value is -2.12. The van der Waals surface area contributed by atoms with Crippen molar-refractivity contribution in [3.63, 3.8) is 0 Å². The van der Waals surface area contributed by atoms with E-state index in [0.29, 0.717) is 31.4 Å². The van der Waals surface area contributed by atoms with Crippen molar-refractivity contribution in [2.45, 2.75) is 40.0 Å². The molecule has 1 atom stereocenters. The molecule has 1 aromatic carbocycles. The van der Waals surface area contributed by atoms with Gasteiger partial charge in [0.15, 0.2) is 11.8 Å². The summed E-state index contributed by atoms with van der Waals surface area (Å²) in [6.45, 7) is 8.23. The van der Waals surface area contributed by atoms with Crippen LogP contribution in [0.3, 0.4) is 0 Å². The van der Waals surface area contributed by atoms with Crippen LogP contribution in [-0.2, 0) is 17.8 Å². The average molecular weight is 380 g/mol. The van der Waals surface area contributed by atoms with Crippen molar-refractivity contribution in [1.29, 1.82) is 0 Å². The molecule has 0 amide bonds. The Labute approximate surface area is 159 Å². The Balaban J connectivity index is 2.02. The molecule has 0 fully saturated rings. The van der Waals surface area contributed by atoms with Crippen LogP contribution in [0.5, 0.6) is 0 Å². The summed E-state index contributed by atoms with van der Waals surface area (Å²) in [6.07, 6.45) is -0.192. The van der Waals surface area contributed by atoms with Gasteiger partial charge in [0.05, 0.1) is 0 Å². The number of hydrogen-bond acceptors (Lipinski definition) is 5. The van der Waals surface area contributed by atoms with Crippen LogP contribution in [0, 0.1) is 0 Å². The van der Waals surface area contributed by atoms with Gasteiger partial charge < -0.3 is 19.5 Å². The number of guanidine groups is 1. The van der Waals surface area contributed by atoms with Crippen LogP contribution in [0.2, 0.25) is 5.02 Å². The summed E-state index contributed by atoms with van der Waals surface area (Å²) >= 11 is 5.94. The highest BCUT2D eigenvalue weighted by atomic mass is 35.5. The predicted octanol–water partition coefficient (Wildman–Crippen LogP) is 3.42. The molecule has 0 aliphatic heterocycles. The van der Waals surface area contributed by atoms with Gasteiger partial charge in [0.1, 0.15) is 12.6 Å². The second-order valence-corrected chi connectivity index (χ2v) is 6.23. The fourth-order valence-corrected chi connectivity index (χ4v) is 2.50. The van der Waals surface area contributed by atoms with Gasteiger partial charge in [-0.05, 0) is 38.5 Å². The lowest BCUT2D eigenvalue weighted by molar-refractivity contribution is 0.0683. The van der Waals surface area contributed by atoms with E-state index in [-0.39, 0.29) is 6.10 Å². The molecular formula is C18H26ClN5O2. The SMILES string of the molecule is CCNC(=NCc1nc(C(C)OCC)no1)N(C)Cc1ccc(Cl)cc1. The number of nitrogens with one attached hydrogen (secondary N) is 1. The first-order valence-electron chi connectivity index (χ1n) is 8.71. The molecule has 7 nitrogen and oxygen atoms in total. The number of rotatable bonds is 8. The number of hydrogen-bond donors (Lipinski definition) is 1. The Kier molecular flexibility index (Phi) is 7.87. The van der Waals surface area contributed by atoms with E-state index in [1.807, 2.05) is 57.0 Å². The molecule has 142 valence electrons. The maximum Gasteiger partial charge on any atom is 0.248 e. The van der Waals surface area contributed by atoms with E-state index in [9.17, 15) is 0 Å². The highest BCUT2D eigenvalue weighted by Crippen LogP contribution is 2.14. The molecule has 0 aliphatic carbocycles. The molecule has 0 saturated carbocycles. The number of nitrogens with zero attached hydrogens (tertiary/aromatic N) is 4. The minimum absolute atomic E-state index is 0.192. The number of aromatic nitrogens is 2. The first-order valence-corrected chi connectivity index (χ1v) is 9.09. The molecule has 1 heterocycles. The molecule has 1 aromatic heterocycles. The molecule has 0 aliphatic rings. The van der Waals surface area contributed by atoms with Crippen LogP contribution in [0.15, 0.2) is 33.8 Å². The van der Waals surface area contributed by atoms with E-state index >= 15 is 0 Å². The van der Waals surface area contributed by atoms with Crippen molar-refractivity contribution in [3.8, 4) is 0 Å². The average Bonchev–Trinajstić information content (AvgIpc) is 3.10. The van der Waals surface area contributed by atoms with Gasteiger partial charge >= 0.3 is 0 Å². The summed E-state index contributed by atoms with van der Waals surface area (Å²) in [5.41, 5.74) is 1.15. The molecule has 1 N–H and O–H groups in total. The van der Waals surface area contributed by atoms with Crippen LogP contribution in [0.1, 0.15) is 44.2 Å². The van der Waals surface area contributed by atoms with Crippen molar-refractivity contribution in [3.05, 3.63) is 46.6 Å². The summed E-state index contributed by atoms with van der Waals surface area (Å²) in [5, 5.41) is 7.95. The molecule has 0 radical (unpaired) electrons. The van der Waals surface area contributed by atoms with E-state index in [0.717, 1.165) is 23.1 Å². The summed E-state index contributed by atoms with van der Waals surface area (Å²) in [5.74, 6) is 1.76. The van der Waals surface area contributed by atoms with Gasteiger partial charge in [0.25, 0.3) is 0 Å². The zero-order valence-corrected chi connectivity index (χ0v) is 16.5. The largest absolute Gasteiger partial charge is 0.371 e. The first kappa shape index (κ1) is 20.2. The standard InChI is InChI=1S/C18H26ClN5O2/c1-5-20-18(24(4)12-14-7-9-15(19)10-8-14)21-11-16-22-17(23-26-16)13(3)25-6-2/h7-10,13H,5-6,11-12H2,1-4H3,(H,20,21). The van der Waals surface area contributed by atoms with Crippen LogP contribution in [-0.4, -0.2) is 41.2 Å². The summed E-state index contributed by atoms with van der Waals surface area (Å²) in [6, 6.07) is 7.77. The molecular weight excluding hydrogens is 354 g/mol. The van der Waals surface area contributed by atoms with Gasteiger partial charge in [-0.25, -0.2) is 4.99 Å². The maximum atomic E-state index is 5.94. The van der Waals surface area contributed by atoms with Gasteiger partial charge in [0.2, 0.25) is 5.89 Å². The topological polar surface area (TPSA) is 75.8 Å². The van der Waals surface area contributed by atoms with E-state index < -0.39 is 0 Å². The Bertz CT molecular complexity index is 702. The fraction of sp³-hybridized carbons (Fsp3) is 0.500. The molecule has 0 saturated heterocycles. The van der Waals surface area contributed by atoms with E-state index in [1.54, 1.807) is 0 Å². The molecule has 2 rings (SSSR count). The van der Waals surface area contributed by atoms with Crippen LogP contribution in [0.4, 0.5) is 0 Å². The van der Waals surface area contributed by atoms with Crippen molar-refractivity contribution < 1.29 is 9.26 Å². The van der Waals surface area contributed by atoms with Crippen molar-refractivity contribution >= 4 is 17.6 Å². The lowest BCUT2D eigenvalue weighted by atomic mass is 10.2. The Morgan fingerprint density at radius 3 is 2.73 bits per heavy atom. The van der Waals surface area contributed by atoms with Gasteiger partial charge in [-0.2, -0.15) is 4.98 Å². The number of benzene rings is 1. The van der Waals surface area contributed by atoms with Gasteiger partial charge in [-0.15, -0.1) is 0 Å². The maximum absolute atomic E-state index is 5.94. The highest BCUT2D eigenvalue weighted by Gasteiger charge is 2.14. The third kappa shape index (κ3) is 6.00. The zero-order chi connectivity index (χ0) is 18.9. The second-order valence-electron chi connectivity index (χ2n) is 5.80. The van der Waals surface area contributed by atoms with Crippen LogP contribution in [0.25, 0.3) is 0 Å². The van der Waals surface area contributed by atoms with Crippen LogP contribution >= 0.6 is 11.6 Å². The quantitative estimate of drug-likeness (QED) is 0.559. The smallest absolute Gasteiger partial charge is 0.248 e. The monoisotopic (exact) mass is 379 g/mol. The second kappa shape index (κ2) is 10.1. The number of halogens is 1. The van der Waals surface area contributed by atoms with Gasteiger partial charge in [-0.3, -0.25) is 0 Å². The van der Waals surface area contributed by atoms with E-state index in [1.165, 1.54) is 0 Å². The number of ether oxygens (including phenoxy) is 1. The molecule has 26 heavy (non-hydrogen) atoms. The van der Waals surface area contributed by atoms with Crippen molar-refractivity contribution in [2.24, 2.45) is 4.99 Å². The van der Waals surface area contributed by atoms with Crippen molar-refractivity contribution in [2.75, 3.05) is 20.2 Å². The fourth-order valence-electron chi connectivity index (χ4n) is 2.37. The Morgan fingerprint density at radius 1 is 1.35 bits per heavy atom. The lowest BCUT2D eigenvalue weighted by Gasteiger charge is -2.22. The molecule has 2 aromatic rings. The highest BCUT2D eigenvalue weighted by molar-refractivity contribution is 6.30. The number of aliphatic imine (C=N–C) groups is 1. The van der Waals surface area contributed by atoms with Crippen LogP contribution < -0.4 is 5.32 Å². The molecule has 8 heteroatoms. The summed E-state index contributed by atoms with van der Waals surface area (Å²) < 4.78 is 10.7. The molecule has 1 unspecified atom stereocenters. The summed E-state index contributed by atoms with van der Waals surface area (Å²) in [7, 11) is 1.98. The Morgan fingerprint density at radius 2 is 2.08 bits per heavy atom. The zero-order valence-electron chi connectivity index (χ0n) is 15.7.